The Labute approximate surface area is 426 Å². The maximum Gasteiger partial charge on any atom is 0.306 e. The van der Waals surface area contributed by atoms with Crippen LogP contribution >= 0.6 is 0 Å². The number of aliphatic hydroxyl groups is 4. The number of hydrogen-bond acceptors (Lipinski definition) is 9. The second-order valence-electron chi connectivity index (χ2n) is 17.9. The summed E-state index contributed by atoms with van der Waals surface area (Å²) in [4.78, 5) is 12.9. The summed E-state index contributed by atoms with van der Waals surface area (Å²) in [6.07, 6.45) is 67.7. The van der Waals surface area contributed by atoms with E-state index < -0.39 is 43.4 Å². The largest absolute Gasteiger partial charge is 0.457 e. The van der Waals surface area contributed by atoms with Gasteiger partial charge in [0, 0.05) is 13.0 Å². The van der Waals surface area contributed by atoms with Crippen LogP contribution in [0.15, 0.2) is 134 Å². The van der Waals surface area contributed by atoms with Crippen LogP contribution in [0.4, 0.5) is 0 Å². The number of rotatable bonds is 45. The number of allylic oxidation sites excluding steroid dienone is 22. The molecule has 70 heavy (non-hydrogen) atoms. The zero-order valence-corrected chi connectivity index (χ0v) is 43.7. The fourth-order valence-corrected chi connectivity index (χ4v) is 7.40. The Kier molecular flexibility index (Phi) is 46.2. The zero-order valence-electron chi connectivity index (χ0n) is 43.7. The SMILES string of the molecule is CC/C=C\C/C=C\C/C=C\C/C=C\C/C=C\C/C=C\C/C=C\CCCCOCC(COC1OC(CO)C(O)C(O)C1O)OC(=O)CCCCCCCCCCCC/C=C\C/C=C\C/C=C\C/C=C\CC. The van der Waals surface area contributed by atoms with E-state index in [1.807, 2.05) is 0 Å². The average Bonchev–Trinajstić information content (AvgIpc) is 3.36. The van der Waals surface area contributed by atoms with Gasteiger partial charge in [-0.3, -0.25) is 4.79 Å². The van der Waals surface area contributed by atoms with Gasteiger partial charge in [-0.25, -0.2) is 0 Å². The lowest BCUT2D eigenvalue weighted by Gasteiger charge is -2.39. The first-order valence-electron chi connectivity index (χ1n) is 27.3. The average molecular weight is 975 g/mol. The first kappa shape index (κ1) is 64.3. The lowest BCUT2D eigenvalue weighted by molar-refractivity contribution is -0.305. The Balaban J connectivity index is 2.25. The second kappa shape index (κ2) is 50.3. The van der Waals surface area contributed by atoms with Crippen LogP contribution in [0.25, 0.3) is 0 Å². The van der Waals surface area contributed by atoms with Gasteiger partial charge in [0.15, 0.2) is 6.29 Å². The summed E-state index contributed by atoms with van der Waals surface area (Å²) in [5, 5.41) is 40.3. The van der Waals surface area contributed by atoms with Crippen LogP contribution in [0, 0.1) is 0 Å². The van der Waals surface area contributed by atoms with E-state index in [9.17, 15) is 25.2 Å². The summed E-state index contributed by atoms with van der Waals surface area (Å²) in [5.41, 5.74) is 0. The minimum Gasteiger partial charge on any atom is -0.457 e. The van der Waals surface area contributed by atoms with Gasteiger partial charge in [-0.15, -0.1) is 0 Å². The fraction of sp³-hybridized carbons (Fsp3) is 0.623. The summed E-state index contributed by atoms with van der Waals surface area (Å²) in [7, 11) is 0. The van der Waals surface area contributed by atoms with Crippen molar-refractivity contribution in [1.29, 1.82) is 0 Å². The van der Waals surface area contributed by atoms with Crippen LogP contribution in [-0.2, 0) is 23.7 Å². The van der Waals surface area contributed by atoms with Gasteiger partial charge in [0.25, 0.3) is 0 Å². The van der Waals surface area contributed by atoms with Crippen molar-refractivity contribution in [3.63, 3.8) is 0 Å². The summed E-state index contributed by atoms with van der Waals surface area (Å²) in [6.45, 7) is 4.20. The molecule has 1 aliphatic rings. The van der Waals surface area contributed by atoms with Crippen LogP contribution in [0.1, 0.15) is 181 Å². The van der Waals surface area contributed by atoms with Gasteiger partial charge in [0.05, 0.1) is 19.8 Å². The smallest absolute Gasteiger partial charge is 0.306 e. The molecule has 0 saturated carbocycles. The molecule has 0 aliphatic carbocycles. The predicted octanol–water partition coefficient (Wildman–Crippen LogP) is 14.0. The van der Waals surface area contributed by atoms with Crippen molar-refractivity contribution in [3.8, 4) is 0 Å². The van der Waals surface area contributed by atoms with Crippen molar-refractivity contribution in [1.82, 2.24) is 0 Å². The molecule has 0 bridgehead atoms. The number of ether oxygens (including phenoxy) is 4. The lowest BCUT2D eigenvalue weighted by Crippen LogP contribution is -2.59. The highest BCUT2D eigenvalue weighted by molar-refractivity contribution is 5.69. The molecule has 0 aromatic rings. The third-order valence-corrected chi connectivity index (χ3v) is 11.6. The Morgan fingerprint density at radius 1 is 0.457 bits per heavy atom. The third kappa shape index (κ3) is 40.0. The number of hydrogen-bond donors (Lipinski definition) is 4. The van der Waals surface area contributed by atoms with Crippen molar-refractivity contribution in [3.05, 3.63) is 134 Å². The molecule has 0 spiro atoms. The molecule has 0 amide bonds. The molecule has 6 atom stereocenters. The molecule has 1 saturated heterocycles. The van der Waals surface area contributed by atoms with Crippen molar-refractivity contribution >= 4 is 5.97 Å². The van der Waals surface area contributed by atoms with E-state index in [0.717, 1.165) is 116 Å². The molecule has 9 nitrogen and oxygen atoms in total. The van der Waals surface area contributed by atoms with Crippen molar-refractivity contribution in [2.45, 2.75) is 218 Å². The van der Waals surface area contributed by atoms with E-state index >= 15 is 0 Å². The summed E-state index contributed by atoms with van der Waals surface area (Å²) in [6, 6.07) is 0. The molecular formula is C61H98O9. The van der Waals surface area contributed by atoms with Gasteiger partial charge in [0.2, 0.25) is 0 Å². The highest BCUT2D eigenvalue weighted by atomic mass is 16.7. The van der Waals surface area contributed by atoms with E-state index in [4.69, 9.17) is 18.9 Å². The van der Waals surface area contributed by atoms with E-state index in [1.54, 1.807) is 0 Å². The maximum absolute atomic E-state index is 12.9. The molecule has 6 unspecified atom stereocenters. The van der Waals surface area contributed by atoms with Crippen molar-refractivity contribution in [2.75, 3.05) is 26.4 Å². The first-order valence-corrected chi connectivity index (χ1v) is 27.3. The standard InChI is InChI=1S/C61H98O9/c1-3-5-7-9-11-13-15-17-19-21-23-25-27-29-31-33-35-37-39-41-43-45-47-49-51-67-53-55(54-68-61-60(66)59(65)58(64)56(52-62)70-61)69-57(63)50-48-46-44-42-40-38-36-34-32-30-28-26-24-22-20-18-16-14-12-10-8-6-4-2/h5-8,11-14,17-20,23-26,29,31,35,37,41,43,55-56,58-62,64-66H,3-4,9-10,15-16,21-22,27-28,30,32-34,36,38-40,42,44-54H2,1-2H3/b7-5-,8-6-,13-11-,14-12-,19-17-,20-18-,25-23-,26-24-,31-29-,37-35-,43-41-. The monoisotopic (exact) mass is 975 g/mol. The molecule has 4 N–H and O–H groups in total. The number of unbranched alkanes of at least 4 members (excludes halogenated alkanes) is 12. The summed E-state index contributed by atoms with van der Waals surface area (Å²) >= 11 is 0. The molecule has 1 rings (SSSR count). The van der Waals surface area contributed by atoms with Gasteiger partial charge >= 0.3 is 5.97 Å². The van der Waals surface area contributed by atoms with Crippen molar-refractivity contribution in [2.24, 2.45) is 0 Å². The molecule has 0 aromatic heterocycles. The number of aliphatic hydroxyl groups excluding tert-OH is 4. The summed E-state index contributed by atoms with van der Waals surface area (Å²) < 4.78 is 22.9. The number of carbonyl (C=O) groups is 1. The van der Waals surface area contributed by atoms with Gasteiger partial charge in [-0.2, -0.15) is 0 Å². The minimum absolute atomic E-state index is 0.103. The normalized spacial score (nSPS) is 20.0. The first-order chi connectivity index (χ1) is 34.4. The predicted molar refractivity (Wildman–Crippen MR) is 292 cm³/mol. The molecular weight excluding hydrogens is 877 g/mol. The molecule has 396 valence electrons. The fourth-order valence-electron chi connectivity index (χ4n) is 7.40. The molecule has 1 heterocycles. The highest BCUT2D eigenvalue weighted by Gasteiger charge is 2.44. The summed E-state index contributed by atoms with van der Waals surface area (Å²) in [5.74, 6) is -0.340. The minimum atomic E-state index is -1.56. The van der Waals surface area contributed by atoms with Gasteiger partial charge in [-0.1, -0.05) is 199 Å². The van der Waals surface area contributed by atoms with Crippen LogP contribution in [0.2, 0.25) is 0 Å². The van der Waals surface area contributed by atoms with Crippen LogP contribution in [0.5, 0.6) is 0 Å². The zero-order chi connectivity index (χ0) is 50.6. The molecule has 0 radical (unpaired) electrons. The van der Waals surface area contributed by atoms with Crippen LogP contribution in [-0.4, -0.2) is 89.6 Å². The van der Waals surface area contributed by atoms with Crippen molar-refractivity contribution < 1.29 is 44.2 Å². The van der Waals surface area contributed by atoms with Gasteiger partial charge in [-0.05, 0) is 109 Å². The van der Waals surface area contributed by atoms with Crippen LogP contribution < -0.4 is 0 Å². The lowest BCUT2D eigenvalue weighted by atomic mass is 9.99. The van der Waals surface area contributed by atoms with Crippen LogP contribution in [0.3, 0.4) is 0 Å². The number of carbonyl (C=O) groups excluding carboxylic acids is 1. The number of esters is 1. The highest BCUT2D eigenvalue weighted by Crippen LogP contribution is 2.22. The quantitative estimate of drug-likeness (QED) is 0.0267. The van der Waals surface area contributed by atoms with E-state index in [1.165, 1.54) is 44.9 Å². The Bertz CT molecular complexity index is 1530. The van der Waals surface area contributed by atoms with E-state index in [0.29, 0.717) is 13.0 Å². The maximum atomic E-state index is 12.9. The Morgan fingerprint density at radius 2 is 0.829 bits per heavy atom. The molecule has 1 aliphatic heterocycles. The Hall–Kier alpha value is -3.67. The van der Waals surface area contributed by atoms with Gasteiger partial charge < -0.3 is 39.4 Å². The Morgan fingerprint density at radius 3 is 1.24 bits per heavy atom. The van der Waals surface area contributed by atoms with Gasteiger partial charge in [0.1, 0.15) is 30.5 Å². The van der Waals surface area contributed by atoms with E-state index in [2.05, 4.69) is 148 Å². The topological polar surface area (TPSA) is 135 Å². The molecule has 1 fully saturated rings. The second-order valence-corrected chi connectivity index (χ2v) is 17.9. The van der Waals surface area contributed by atoms with E-state index in [-0.39, 0.29) is 19.2 Å². The molecule has 0 aromatic carbocycles. The third-order valence-electron chi connectivity index (χ3n) is 11.6. The molecule has 9 heteroatoms.